The van der Waals surface area contributed by atoms with Gasteiger partial charge in [0.25, 0.3) is 0 Å². The minimum atomic E-state index is 0.00407. The van der Waals surface area contributed by atoms with Gasteiger partial charge in [-0.25, -0.2) is 0 Å². The highest BCUT2D eigenvalue weighted by atomic mass is 15.3. The molecular weight excluding hydrogens is 366 g/mol. The summed E-state index contributed by atoms with van der Waals surface area (Å²) < 4.78 is 0. The van der Waals surface area contributed by atoms with Crippen molar-refractivity contribution in [3.63, 3.8) is 0 Å². The van der Waals surface area contributed by atoms with Crippen molar-refractivity contribution in [2.24, 2.45) is 0 Å². The first-order valence-corrected chi connectivity index (χ1v) is 11.4. The maximum atomic E-state index is 3.81. The molecule has 162 valence electrons. The molecule has 0 aliphatic carbocycles. The molecule has 2 rings (SSSR count). The topological polar surface area (TPSA) is 30.5 Å². The average Bonchev–Trinajstić information content (AvgIpc) is 2.67. The molecule has 2 aromatic rings. The summed E-state index contributed by atoms with van der Waals surface area (Å²) in [5, 5.41) is 7.63. The molecule has 0 bridgehead atoms. The number of anilines is 2. The molecule has 30 heavy (non-hydrogen) atoms. The van der Waals surface area contributed by atoms with Crippen molar-refractivity contribution in [3.05, 3.63) is 60.7 Å². The second kappa shape index (κ2) is 11.5. The molecule has 4 nitrogen and oxygen atoms in total. The number of rotatable bonds is 11. The quantitative estimate of drug-likeness (QED) is 0.483. The summed E-state index contributed by atoms with van der Waals surface area (Å²) in [5.74, 6) is 0. The number of para-hydroxylation sites is 2. The van der Waals surface area contributed by atoms with Gasteiger partial charge in [0, 0.05) is 11.4 Å². The van der Waals surface area contributed by atoms with E-state index in [1.54, 1.807) is 0 Å². The lowest BCUT2D eigenvalue weighted by Crippen LogP contribution is -2.72. The molecule has 0 spiro atoms. The lowest BCUT2D eigenvalue weighted by Gasteiger charge is -2.47. The summed E-state index contributed by atoms with van der Waals surface area (Å²) in [6.07, 6.45) is 0. The summed E-state index contributed by atoms with van der Waals surface area (Å²) in [4.78, 5) is 5.24. The largest absolute Gasteiger partial charge is 0.413 e. The first-order chi connectivity index (χ1) is 14.2. The van der Waals surface area contributed by atoms with Gasteiger partial charge >= 0.3 is 13.7 Å². The molecule has 0 aromatic heterocycles. The molecule has 2 aromatic carbocycles. The van der Waals surface area contributed by atoms with Gasteiger partial charge in [0.15, 0.2) is 0 Å². The third kappa shape index (κ3) is 6.55. The molecule has 0 saturated heterocycles. The molecule has 0 fully saturated rings. The molecule has 6 heteroatoms. The third-order valence-corrected chi connectivity index (χ3v) is 5.49. The summed E-state index contributed by atoms with van der Waals surface area (Å²) in [6.45, 7) is 18.6. The summed E-state index contributed by atoms with van der Waals surface area (Å²) in [5.41, 5.74) is 2.24. The Bertz CT molecular complexity index is 645. The Morgan fingerprint density at radius 2 is 0.833 bits per heavy atom. The van der Waals surface area contributed by atoms with Crippen LogP contribution in [0.2, 0.25) is 0 Å². The van der Waals surface area contributed by atoms with Gasteiger partial charge in [-0.15, -0.1) is 0 Å². The monoisotopic (exact) mass is 406 g/mol. The number of hydrogen-bond donors (Lipinski definition) is 2. The van der Waals surface area contributed by atoms with Crippen molar-refractivity contribution < 1.29 is 0 Å². The van der Waals surface area contributed by atoms with Crippen molar-refractivity contribution >= 4 is 25.1 Å². The highest BCUT2D eigenvalue weighted by molar-refractivity contribution is 7.22. The minimum Gasteiger partial charge on any atom is -0.413 e. The predicted molar refractivity (Wildman–Crippen MR) is 136 cm³/mol. The fourth-order valence-electron chi connectivity index (χ4n) is 4.53. The van der Waals surface area contributed by atoms with Crippen molar-refractivity contribution in [2.45, 2.75) is 79.6 Å². The second-order valence-corrected chi connectivity index (χ2v) is 9.18. The molecule has 0 unspecified atom stereocenters. The molecule has 0 aliphatic heterocycles. The van der Waals surface area contributed by atoms with E-state index >= 15 is 0 Å². The van der Waals surface area contributed by atoms with E-state index in [0.717, 1.165) is 11.4 Å². The molecule has 0 amide bonds. The van der Waals surface area contributed by atoms with Gasteiger partial charge in [-0.3, -0.25) is 0 Å². The number of benzene rings is 2. The van der Waals surface area contributed by atoms with Crippen LogP contribution in [0, 0.1) is 0 Å². The smallest absolute Gasteiger partial charge is 0.369 e. The Hall–Kier alpha value is -1.91. The van der Waals surface area contributed by atoms with E-state index in [2.05, 4.69) is 136 Å². The summed E-state index contributed by atoms with van der Waals surface area (Å²) >= 11 is 0. The van der Waals surface area contributed by atoms with Crippen LogP contribution in [0.1, 0.15) is 55.4 Å². The highest BCUT2D eigenvalue weighted by Gasteiger charge is 2.46. The van der Waals surface area contributed by atoms with Crippen LogP contribution < -0.4 is 10.5 Å². The van der Waals surface area contributed by atoms with Crippen LogP contribution in [0.3, 0.4) is 0 Å². The summed E-state index contributed by atoms with van der Waals surface area (Å²) in [6, 6.07) is 22.7. The molecule has 0 saturated carbocycles. The number of nitrogens with one attached hydrogen (secondary N) is 2. The van der Waals surface area contributed by atoms with Crippen molar-refractivity contribution in [1.29, 1.82) is 0 Å². The van der Waals surface area contributed by atoms with Gasteiger partial charge in [-0.05, 0) is 48.4 Å². The Balaban J connectivity index is 2.55. The minimum absolute atomic E-state index is 0.00407. The van der Waals surface area contributed by atoms with E-state index in [4.69, 9.17) is 0 Å². The predicted octanol–water partition coefficient (Wildman–Crippen LogP) is 5.50. The van der Waals surface area contributed by atoms with E-state index in [1.165, 1.54) is 0 Å². The van der Waals surface area contributed by atoms with Crippen LogP contribution in [0.25, 0.3) is 0 Å². The van der Waals surface area contributed by atoms with Crippen LogP contribution in [0.4, 0.5) is 11.4 Å². The lowest BCUT2D eigenvalue weighted by molar-refractivity contribution is 0.231. The molecule has 0 heterocycles. The zero-order chi connectivity index (χ0) is 22.3. The third-order valence-electron chi connectivity index (χ3n) is 5.49. The fourth-order valence-corrected chi connectivity index (χ4v) is 4.53. The van der Waals surface area contributed by atoms with Crippen LogP contribution in [-0.2, 0) is 0 Å². The maximum Gasteiger partial charge on any atom is 0.369 e. The van der Waals surface area contributed by atoms with Crippen LogP contribution in [-0.4, -0.2) is 47.5 Å². The van der Waals surface area contributed by atoms with Crippen LogP contribution in [0.15, 0.2) is 60.7 Å². The fraction of sp³-hybridized carbons (Fsp3) is 0.500. The van der Waals surface area contributed by atoms with Gasteiger partial charge in [-0.2, -0.15) is 0 Å². The maximum absolute atomic E-state index is 3.81. The van der Waals surface area contributed by atoms with Gasteiger partial charge < -0.3 is 20.1 Å². The normalized spacial score (nSPS) is 11.8. The van der Waals surface area contributed by atoms with Gasteiger partial charge in [-0.1, -0.05) is 91.8 Å². The average molecular weight is 406 g/mol. The lowest BCUT2D eigenvalue weighted by atomic mass is 9.31. The van der Waals surface area contributed by atoms with Gasteiger partial charge in [0.1, 0.15) is 0 Å². The van der Waals surface area contributed by atoms with Crippen LogP contribution in [0.5, 0.6) is 0 Å². The Morgan fingerprint density at radius 3 is 1.10 bits per heavy atom. The zero-order valence-corrected chi connectivity index (χ0v) is 20.1. The molecule has 0 atom stereocenters. The van der Waals surface area contributed by atoms with E-state index < -0.39 is 0 Å². The van der Waals surface area contributed by atoms with Crippen LogP contribution >= 0.6 is 0 Å². The Kier molecular flexibility index (Phi) is 9.32. The zero-order valence-electron chi connectivity index (χ0n) is 20.1. The summed E-state index contributed by atoms with van der Waals surface area (Å²) in [7, 11) is 0. The SMILES string of the molecule is CC(C)N(B(B(Nc1ccccc1)Nc1ccccc1)N(C(C)C)C(C)C)C(C)C. The molecule has 0 radical (unpaired) electrons. The first kappa shape index (κ1) is 24.4. The van der Waals surface area contributed by atoms with E-state index in [9.17, 15) is 0 Å². The van der Waals surface area contributed by atoms with E-state index in [-0.39, 0.29) is 13.7 Å². The number of hydrogen-bond acceptors (Lipinski definition) is 4. The molecular formula is C24H40B2N4. The van der Waals surface area contributed by atoms with E-state index in [0.29, 0.717) is 24.2 Å². The van der Waals surface area contributed by atoms with Gasteiger partial charge in [0.2, 0.25) is 0 Å². The van der Waals surface area contributed by atoms with Crippen molar-refractivity contribution in [2.75, 3.05) is 10.5 Å². The Labute approximate surface area is 185 Å². The van der Waals surface area contributed by atoms with Crippen molar-refractivity contribution in [3.8, 4) is 0 Å². The highest BCUT2D eigenvalue weighted by Crippen LogP contribution is 2.21. The molecule has 0 aliphatic rings. The standard InChI is InChI=1S/C24H40B2N4/c1-19(2)29(20(3)4)26(30(21(5)6)22(7)8)25(27-23-15-11-9-12-16-23)28-24-17-13-10-14-18-24/h9-22,27-28H,1-8H3. The first-order valence-electron chi connectivity index (χ1n) is 11.4. The van der Waals surface area contributed by atoms with Gasteiger partial charge in [0.05, 0.1) is 0 Å². The van der Waals surface area contributed by atoms with E-state index in [1.807, 2.05) is 0 Å². The number of nitrogens with zero attached hydrogens (tertiary/aromatic N) is 2. The Morgan fingerprint density at radius 1 is 0.533 bits per heavy atom. The van der Waals surface area contributed by atoms with Crippen molar-refractivity contribution in [1.82, 2.24) is 9.62 Å². The second-order valence-electron chi connectivity index (χ2n) is 9.18. The molecule has 2 N–H and O–H groups in total.